The normalized spacial score (nSPS) is 13.1. The monoisotopic (exact) mass is 278 g/mol. The molecular weight excluding hydrogens is 255 g/mol. The highest BCUT2D eigenvalue weighted by Crippen LogP contribution is 2.29. The van der Waals surface area contributed by atoms with E-state index in [1.165, 1.54) is 13.2 Å². The molecular formula is C16H23FN2O. The fourth-order valence-corrected chi connectivity index (χ4v) is 2.69. The number of fused-ring (bicyclic) bond motifs is 1. The molecule has 0 aliphatic heterocycles. The van der Waals surface area contributed by atoms with Crippen LogP contribution in [0.25, 0.3) is 5.52 Å². The van der Waals surface area contributed by atoms with Crippen LogP contribution in [0.4, 0.5) is 4.39 Å². The molecule has 110 valence electrons. The van der Waals surface area contributed by atoms with Crippen LogP contribution in [0.3, 0.4) is 0 Å². The first-order chi connectivity index (χ1) is 9.62. The Morgan fingerprint density at radius 2 is 2.00 bits per heavy atom. The zero-order valence-electron chi connectivity index (χ0n) is 12.7. The Hall–Kier alpha value is -1.55. The summed E-state index contributed by atoms with van der Waals surface area (Å²) in [5.41, 5.74) is 1.98. The van der Waals surface area contributed by atoms with Crippen molar-refractivity contribution in [1.29, 1.82) is 0 Å². The van der Waals surface area contributed by atoms with Crippen LogP contribution in [0, 0.1) is 5.82 Å². The Morgan fingerprint density at radius 3 is 2.60 bits per heavy atom. The summed E-state index contributed by atoms with van der Waals surface area (Å²) < 4.78 is 21.0. The molecule has 2 heterocycles. The van der Waals surface area contributed by atoms with Crippen molar-refractivity contribution in [2.24, 2.45) is 0 Å². The molecule has 20 heavy (non-hydrogen) atoms. The summed E-state index contributed by atoms with van der Waals surface area (Å²) in [6.45, 7) is 5.35. The smallest absolute Gasteiger partial charge is 0.178 e. The summed E-state index contributed by atoms with van der Waals surface area (Å²) in [5.74, 6) is 0.0262. The van der Waals surface area contributed by atoms with E-state index in [9.17, 15) is 4.39 Å². The number of likely N-dealkylation sites (N-methyl/N-ethyl adjacent to an activating group) is 1. The van der Waals surface area contributed by atoms with Crippen molar-refractivity contribution in [2.45, 2.75) is 32.7 Å². The lowest BCUT2D eigenvalue weighted by molar-refractivity contribution is 0.246. The number of rotatable bonds is 6. The molecule has 0 aliphatic carbocycles. The standard InChI is InChI=1S/C16H23FN2O/c1-5-13(18(3)6-2)11-12-7-9-19-10-8-14(17)16(20-4)15(12)19/h7-10,13H,5-6,11H2,1-4H3. The van der Waals surface area contributed by atoms with E-state index in [-0.39, 0.29) is 5.82 Å². The maximum Gasteiger partial charge on any atom is 0.178 e. The minimum atomic E-state index is -0.308. The molecule has 2 rings (SSSR count). The number of methoxy groups -OCH3 is 1. The van der Waals surface area contributed by atoms with Gasteiger partial charge in [-0.2, -0.15) is 0 Å². The van der Waals surface area contributed by atoms with Gasteiger partial charge in [0.15, 0.2) is 11.6 Å². The molecule has 2 aromatic heterocycles. The SMILES string of the molecule is CCC(Cc1ccn2ccc(F)c(OC)c12)N(C)CC. The fourth-order valence-electron chi connectivity index (χ4n) is 2.69. The second kappa shape index (κ2) is 6.27. The third-order valence-electron chi connectivity index (χ3n) is 4.07. The maximum atomic E-state index is 13.9. The van der Waals surface area contributed by atoms with E-state index in [0.29, 0.717) is 11.8 Å². The highest BCUT2D eigenvalue weighted by atomic mass is 19.1. The molecule has 0 N–H and O–H groups in total. The molecule has 0 fully saturated rings. The second-order valence-corrected chi connectivity index (χ2v) is 5.13. The number of ether oxygens (including phenoxy) is 1. The Morgan fingerprint density at radius 1 is 1.30 bits per heavy atom. The molecule has 1 unspecified atom stereocenters. The molecule has 4 heteroatoms. The molecule has 3 nitrogen and oxygen atoms in total. The second-order valence-electron chi connectivity index (χ2n) is 5.13. The number of pyridine rings is 1. The minimum absolute atomic E-state index is 0.308. The van der Waals surface area contributed by atoms with Crippen LogP contribution >= 0.6 is 0 Å². The molecule has 0 aromatic carbocycles. The van der Waals surface area contributed by atoms with Crippen molar-refractivity contribution in [2.75, 3.05) is 20.7 Å². The van der Waals surface area contributed by atoms with Gasteiger partial charge in [-0.25, -0.2) is 4.39 Å². The van der Waals surface area contributed by atoms with Gasteiger partial charge in [0, 0.05) is 18.4 Å². The van der Waals surface area contributed by atoms with Gasteiger partial charge in [-0.15, -0.1) is 0 Å². The molecule has 0 saturated carbocycles. The molecule has 0 radical (unpaired) electrons. The third kappa shape index (κ3) is 2.66. The first kappa shape index (κ1) is 14.9. The van der Waals surface area contributed by atoms with Crippen molar-refractivity contribution >= 4 is 5.52 Å². The van der Waals surface area contributed by atoms with Gasteiger partial charge in [-0.1, -0.05) is 13.8 Å². The molecule has 1 atom stereocenters. The molecule has 0 bridgehead atoms. The quantitative estimate of drug-likeness (QED) is 0.806. The number of aromatic nitrogens is 1. The van der Waals surface area contributed by atoms with E-state index in [2.05, 4.69) is 31.9 Å². The Kier molecular flexibility index (Phi) is 4.65. The van der Waals surface area contributed by atoms with Crippen LogP contribution in [0.1, 0.15) is 25.8 Å². The van der Waals surface area contributed by atoms with E-state index in [1.54, 1.807) is 6.20 Å². The summed E-state index contributed by atoms with van der Waals surface area (Å²) in [6, 6.07) is 3.95. The highest BCUT2D eigenvalue weighted by Gasteiger charge is 2.18. The lowest BCUT2D eigenvalue weighted by Crippen LogP contribution is -2.32. The number of hydrogen-bond acceptors (Lipinski definition) is 2. The summed E-state index contributed by atoms with van der Waals surface area (Å²) in [6.07, 6.45) is 5.67. The van der Waals surface area contributed by atoms with Crippen LogP contribution in [-0.4, -0.2) is 36.0 Å². The van der Waals surface area contributed by atoms with Gasteiger partial charge in [-0.05, 0) is 44.1 Å². The van der Waals surface area contributed by atoms with Crippen molar-refractivity contribution < 1.29 is 9.13 Å². The first-order valence-electron chi connectivity index (χ1n) is 7.14. The van der Waals surface area contributed by atoms with Gasteiger partial charge in [0.05, 0.1) is 12.6 Å². The van der Waals surface area contributed by atoms with Gasteiger partial charge in [0.25, 0.3) is 0 Å². The van der Waals surface area contributed by atoms with E-state index < -0.39 is 0 Å². The lowest BCUT2D eigenvalue weighted by atomic mass is 10.0. The largest absolute Gasteiger partial charge is 0.492 e. The molecule has 0 aliphatic rings. The van der Waals surface area contributed by atoms with Gasteiger partial charge in [0.1, 0.15) is 0 Å². The predicted octanol–water partition coefficient (Wildman–Crippen LogP) is 3.36. The van der Waals surface area contributed by atoms with Gasteiger partial charge in [0.2, 0.25) is 0 Å². The summed E-state index contributed by atoms with van der Waals surface area (Å²) >= 11 is 0. The fraction of sp³-hybridized carbons (Fsp3) is 0.500. The predicted molar refractivity (Wildman–Crippen MR) is 80.0 cm³/mol. The zero-order chi connectivity index (χ0) is 14.7. The van der Waals surface area contributed by atoms with E-state index >= 15 is 0 Å². The van der Waals surface area contributed by atoms with E-state index in [0.717, 1.165) is 30.5 Å². The molecule has 2 aromatic rings. The molecule has 0 spiro atoms. The van der Waals surface area contributed by atoms with Crippen LogP contribution in [0.5, 0.6) is 5.75 Å². The van der Waals surface area contributed by atoms with Gasteiger partial charge >= 0.3 is 0 Å². The van der Waals surface area contributed by atoms with Crippen molar-refractivity contribution in [3.8, 4) is 5.75 Å². The van der Waals surface area contributed by atoms with Crippen molar-refractivity contribution in [3.63, 3.8) is 0 Å². The Balaban J connectivity index is 2.42. The maximum absolute atomic E-state index is 13.9. The molecule has 0 saturated heterocycles. The number of halogens is 1. The zero-order valence-corrected chi connectivity index (χ0v) is 12.7. The molecule has 0 amide bonds. The van der Waals surface area contributed by atoms with Crippen molar-refractivity contribution in [1.82, 2.24) is 9.30 Å². The topological polar surface area (TPSA) is 16.9 Å². The van der Waals surface area contributed by atoms with Gasteiger partial charge in [-0.3, -0.25) is 0 Å². The number of nitrogens with zero attached hydrogens (tertiary/aromatic N) is 2. The van der Waals surface area contributed by atoms with Crippen LogP contribution in [-0.2, 0) is 6.42 Å². The average Bonchev–Trinajstić information content (AvgIpc) is 2.87. The van der Waals surface area contributed by atoms with Crippen LogP contribution in [0.2, 0.25) is 0 Å². The number of hydrogen-bond donors (Lipinski definition) is 0. The average molecular weight is 278 g/mol. The Bertz CT molecular complexity index is 579. The van der Waals surface area contributed by atoms with E-state index in [1.807, 2.05) is 10.6 Å². The Labute approximate surface area is 120 Å². The highest BCUT2D eigenvalue weighted by molar-refractivity contribution is 5.67. The first-order valence-corrected chi connectivity index (χ1v) is 7.14. The summed E-state index contributed by atoms with van der Waals surface area (Å²) in [4.78, 5) is 2.33. The minimum Gasteiger partial charge on any atom is -0.492 e. The summed E-state index contributed by atoms with van der Waals surface area (Å²) in [5, 5.41) is 0. The van der Waals surface area contributed by atoms with Gasteiger partial charge < -0.3 is 14.0 Å². The lowest BCUT2D eigenvalue weighted by Gasteiger charge is -2.25. The van der Waals surface area contributed by atoms with Crippen LogP contribution in [0.15, 0.2) is 24.5 Å². The third-order valence-corrected chi connectivity index (χ3v) is 4.07. The summed E-state index contributed by atoms with van der Waals surface area (Å²) in [7, 11) is 3.65. The van der Waals surface area contributed by atoms with Crippen molar-refractivity contribution in [3.05, 3.63) is 35.9 Å². The van der Waals surface area contributed by atoms with Crippen LogP contribution < -0.4 is 4.74 Å². The van der Waals surface area contributed by atoms with E-state index in [4.69, 9.17) is 4.74 Å².